The monoisotopic (exact) mass is 276 g/mol. The van der Waals surface area contributed by atoms with Crippen LogP contribution in [0.5, 0.6) is 0 Å². The van der Waals surface area contributed by atoms with Crippen LogP contribution in [0.1, 0.15) is 25.0 Å². The number of hydrogen-bond acceptors (Lipinski definition) is 6. The maximum Gasteiger partial charge on any atom is 0.249 e. The smallest absolute Gasteiger partial charge is 0.249 e. The molecule has 96 valence electrons. The highest BCUT2D eigenvalue weighted by Gasteiger charge is 2.32. The molecule has 0 radical (unpaired) electrons. The van der Waals surface area contributed by atoms with Crippen LogP contribution >= 0.6 is 11.3 Å². The molecule has 1 aliphatic carbocycles. The van der Waals surface area contributed by atoms with Crippen molar-refractivity contribution in [1.29, 1.82) is 0 Å². The molecule has 17 heavy (non-hydrogen) atoms. The Kier molecular flexibility index (Phi) is 3.15. The summed E-state index contributed by atoms with van der Waals surface area (Å²) in [5.74, 6) is 0. The van der Waals surface area contributed by atoms with Crippen LogP contribution < -0.4 is 16.2 Å². The molecule has 6 nitrogen and oxygen atoms in total. The Labute approximate surface area is 104 Å². The van der Waals surface area contributed by atoms with E-state index < -0.39 is 10.0 Å². The van der Waals surface area contributed by atoms with Gasteiger partial charge in [-0.1, -0.05) is 11.3 Å². The van der Waals surface area contributed by atoms with E-state index in [0.29, 0.717) is 17.4 Å². The number of nitrogens with one attached hydrogen (secondary N) is 1. The van der Waals surface area contributed by atoms with Crippen LogP contribution in [-0.4, -0.2) is 25.5 Å². The Bertz CT molecular complexity index is 519. The predicted octanol–water partition coefficient (Wildman–Crippen LogP) is 0.392. The summed E-state index contributed by atoms with van der Waals surface area (Å²) >= 11 is 1.05. The largest absolute Gasteiger partial charge is 0.360 e. The van der Waals surface area contributed by atoms with E-state index in [0.717, 1.165) is 30.6 Å². The minimum atomic E-state index is -3.67. The zero-order valence-electron chi connectivity index (χ0n) is 9.56. The van der Waals surface area contributed by atoms with Gasteiger partial charge in [-0.25, -0.2) is 18.5 Å². The molecule has 2 rings (SSSR count). The minimum Gasteiger partial charge on any atom is -0.360 e. The van der Waals surface area contributed by atoms with Gasteiger partial charge in [-0.15, -0.1) is 0 Å². The fraction of sp³-hybridized carbons (Fsp3) is 0.667. The number of hydrogen-bond donors (Lipinski definition) is 3. The molecule has 0 spiro atoms. The molecule has 1 aromatic rings. The van der Waals surface area contributed by atoms with Gasteiger partial charge in [-0.2, -0.15) is 0 Å². The normalized spacial score (nSPS) is 18.8. The SMILES string of the molecule is Cc1nc(NCC2(N)CCC2)sc1S(N)(=O)=O. The molecule has 1 saturated carbocycles. The van der Waals surface area contributed by atoms with E-state index in [1.807, 2.05) is 0 Å². The molecule has 0 atom stereocenters. The lowest BCUT2D eigenvalue weighted by Gasteiger charge is -2.38. The first-order valence-electron chi connectivity index (χ1n) is 5.33. The highest BCUT2D eigenvalue weighted by atomic mass is 32.2. The Hall–Kier alpha value is -0.700. The van der Waals surface area contributed by atoms with Crippen molar-refractivity contribution in [3.63, 3.8) is 0 Å². The number of thiazole rings is 1. The first kappa shape index (κ1) is 12.7. The maximum atomic E-state index is 11.2. The van der Waals surface area contributed by atoms with Gasteiger partial charge in [-0.3, -0.25) is 0 Å². The number of nitrogens with two attached hydrogens (primary N) is 2. The maximum absolute atomic E-state index is 11.2. The van der Waals surface area contributed by atoms with Gasteiger partial charge in [0.2, 0.25) is 10.0 Å². The van der Waals surface area contributed by atoms with Crippen molar-refractivity contribution in [2.45, 2.75) is 35.9 Å². The van der Waals surface area contributed by atoms with Gasteiger partial charge in [0.05, 0.1) is 5.69 Å². The van der Waals surface area contributed by atoms with Gasteiger partial charge in [0.15, 0.2) is 9.34 Å². The second-order valence-corrected chi connectivity index (χ2v) is 7.26. The van der Waals surface area contributed by atoms with Crippen LogP contribution in [0.3, 0.4) is 0 Å². The van der Waals surface area contributed by atoms with Crippen molar-refractivity contribution in [2.75, 3.05) is 11.9 Å². The summed E-state index contributed by atoms with van der Waals surface area (Å²) in [6.07, 6.45) is 3.14. The minimum absolute atomic E-state index is 0.111. The average molecular weight is 276 g/mol. The fourth-order valence-corrected chi connectivity index (χ4v) is 3.64. The van der Waals surface area contributed by atoms with Crippen molar-refractivity contribution < 1.29 is 8.42 Å². The summed E-state index contributed by atoms with van der Waals surface area (Å²) < 4.78 is 22.6. The molecule has 0 aromatic carbocycles. The van der Waals surface area contributed by atoms with Crippen LogP contribution in [0.2, 0.25) is 0 Å². The van der Waals surface area contributed by atoms with Gasteiger partial charge < -0.3 is 11.1 Å². The molecule has 0 aliphatic heterocycles. The summed E-state index contributed by atoms with van der Waals surface area (Å²) in [4.78, 5) is 4.13. The molecule has 5 N–H and O–H groups in total. The number of aryl methyl sites for hydroxylation is 1. The van der Waals surface area contributed by atoms with Gasteiger partial charge in [-0.05, 0) is 26.2 Å². The second-order valence-electron chi connectivity index (χ2n) is 4.51. The number of anilines is 1. The van der Waals surface area contributed by atoms with Crippen LogP contribution in [-0.2, 0) is 10.0 Å². The average Bonchev–Trinajstić information content (AvgIpc) is 2.53. The highest BCUT2D eigenvalue weighted by molar-refractivity contribution is 7.91. The van der Waals surface area contributed by atoms with Crippen LogP contribution in [0.25, 0.3) is 0 Å². The van der Waals surface area contributed by atoms with E-state index >= 15 is 0 Å². The number of sulfonamides is 1. The van der Waals surface area contributed by atoms with E-state index in [-0.39, 0.29) is 9.75 Å². The lowest BCUT2D eigenvalue weighted by molar-refractivity contribution is 0.265. The first-order chi connectivity index (χ1) is 7.80. The number of nitrogens with zero attached hydrogens (tertiary/aromatic N) is 1. The topological polar surface area (TPSA) is 111 Å². The number of primary sulfonamides is 1. The third kappa shape index (κ3) is 2.76. The number of rotatable bonds is 4. The van der Waals surface area contributed by atoms with Crippen LogP contribution in [0.15, 0.2) is 4.21 Å². The molecule has 1 aromatic heterocycles. The first-order valence-corrected chi connectivity index (χ1v) is 7.69. The van der Waals surface area contributed by atoms with Crippen molar-refractivity contribution >= 4 is 26.5 Å². The fourth-order valence-electron chi connectivity index (χ4n) is 1.78. The van der Waals surface area contributed by atoms with Crippen molar-refractivity contribution in [3.05, 3.63) is 5.69 Å². The van der Waals surface area contributed by atoms with E-state index in [2.05, 4.69) is 10.3 Å². The Balaban J connectivity index is 2.08. The molecule has 1 fully saturated rings. The van der Waals surface area contributed by atoms with Gasteiger partial charge in [0.1, 0.15) is 0 Å². The Morgan fingerprint density at radius 1 is 1.53 bits per heavy atom. The summed E-state index contributed by atoms with van der Waals surface area (Å²) in [6, 6.07) is 0. The van der Waals surface area contributed by atoms with E-state index in [1.54, 1.807) is 6.92 Å². The molecular formula is C9H16N4O2S2. The van der Waals surface area contributed by atoms with Crippen LogP contribution in [0, 0.1) is 6.92 Å². The van der Waals surface area contributed by atoms with Gasteiger partial charge in [0.25, 0.3) is 0 Å². The van der Waals surface area contributed by atoms with E-state index in [9.17, 15) is 8.42 Å². The van der Waals surface area contributed by atoms with Crippen molar-refractivity contribution in [3.8, 4) is 0 Å². The molecule has 0 unspecified atom stereocenters. The summed E-state index contributed by atoms with van der Waals surface area (Å²) in [5, 5.41) is 8.72. The molecular weight excluding hydrogens is 260 g/mol. The van der Waals surface area contributed by atoms with Gasteiger partial charge in [0, 0.05) is 12.1 Å². The zero-order valence-corrected chi connectivity index (χ0v) is 11.2. The highest BCUT2D eigenvalue weighted by Crippen LogP contribution is 2.31. The molecule has 0 amide bonds. The van der Waals surface area contributed by atoms with E-state index in [4.69, 9.17) is 10.9 Å². The van der Waals surface area contributed by atoms with E-state index in [1.165, 1.54) is 0 Å². The van der Waals surface area contributed by atoms with Crippen molar-refractivity contribution in [1.82, 2.24) is 4.98 Å². The second kappa shape index (κ2) is 4.20. The number of aromatic nitrogens is 1. The standard InChI is InChI=1S/C9H16N4O2S2/c1-6-7(17(11,14)15)16-8(13-6)12-5-9(10)3-2-4-9/h2-5,10H2,1H3,(H,12,13)(H2,11,14,15). The summed E-state index contributed by atoms with van der Waals surface area (Å²) in [7, 11) is -3.67. The molecule has 8 heteroatoms. The molecule has 0 bridgehead atoms. The lowest BCUT2D eigenvalue weighted by Crippen LogP contribution is -2.51. The third-order valence-electron chi connectivity index (χ3n) is 2.95. The third-order valence-corrected chi connectivity index (χ3v) is 5.62. The summed E-state index contributed by atoms with van der Waals surface area (Å²) in [5.41, 5.74) is 6.32. The van der Waals surface area contributed by atoms with Crippen LogP contribution in [0.4, 0.5) is 5.13 Å². The molecule has 1 heterocycles. The molecule has 1 aliphatic rings. The van der Waals surface area contributed by atoms with Gasteiger partial charge >= 0.3 is 0 Å². The predicted molar refractivity (Wildman–Crippen MR) is 67.5 cm³/mol. The quantitative estimate of drug-likeness (QED) is 0.736. The molecule has 0 saturated heterocycles. The zero-order chi connectivity index (χ0) is 12.7. The van der Waals surface area contributed by atoms with Crippen molar-refractivity contribution in [2.24, 2.45) is 10.9 Å². The summed E-state index contributed by atoms with van der Waals surface area (Å²) in [6.45, 7) is 2.24. The Morgan fingerprint density at radius 3 is 2.59 bits per heavy atom. The Morgan fingerprint density at radius 2 is 2.18 bits per heavy atom. The lowest BCUT2D eigenvalue weighted by atomic mass is 9.78.